The largest absolute Gasteiger partial charge is 0.508 e. The molecule has 3 aromatic carbocycles. The van der Waals surface area contributed by atoms with Crippen molar-refractivity contribution in [3.63, 3.8) is 0 Å². The van der Waals surface area contributed by atoms with Crippen molar-refractivity contribution in [3.8, 4) is 28.8 Å². The van der Waals surface area contributed by atoms with Gasteiger partial charge in [0.05, 0.1) is 33.3 Å². The lowest BCUT2D eigenvalue weighted by molar-refractivity contribution is -0.120. The van der Waals surface area contributed by atoms with Gasteiger partial charge in [-0.3, -0.25) is 9.36 Å². The van der Waals surface area contributed by atoms with E-state index in [0.717, 1.165) is 22.0 Å². The molecule has 3 N–H and O–H groups in total. The highest BCUT2D eigenvalue weighted by molar-refractivity contribution is 5.90. The maximum Gasteiger partial charge on any atom is 0.224 e. The molecule has 0 saturated carbocycles. The number of amides is 1. The highest BCUT2D eigenvalue weighted by atomic mass is 16.5. The summed E-state index contributed by atoms with van der Waals surface area (Å²) in [6, 6.07) is 22.2. The molecular formula is C31H31N5O5. The van der Waals surface area contributed by atoms with Gasteiger partial charge in [0.2, 0.25) is 11.7 Å². The average molecular weight is 554 g/mol. The van der Waals surface area contributed by atoms with Crippen molar-refractivity contribution in [2.24, 2.45) is 0 Å². The molecule has 0 aliphatic carbocycles. The summed E-state index contributed by atoms with van der Waals surface area (Å²) >= 11 is 0. The first-order valence-electron chi connectivity index (χ1n) is 13.0. The van der Waals surface area contributed by atoms with Crippen LogP contribution in [0.15, 0.2) is 79.0 Å². The number of para-hydroxylation sites is 1. The lowest BCUT2D eigenvalue weighted by Crippen LogP contribution is -2.27. The minimum atomic E-state index is -0.0670. The maximum absolute atomic E-state index is 12.8. The van der Waals surface area contributed by atoms with Crippen LogP contribution in [0.1, 0.15) is 11.1 Å². The summed E-state index contributed by atoms with van der Waals surface area (Å²) in [5, 5.41) is 25.4. The summed E-state index contributed by atoms with van der Waals surface area (Å²) in [5.41, 5.74) is 3.57. The molecule has 10 nitrogen and oxygen atoms in total. The molecule has 2 aromatic heterocycles. The van der Waals surface area contributed by atoms with Gasteiger partial charge >= 0.3 is 0 Å². The van der Waals surface area contributed by atoms with Crippen molar-refractivity contribution in [3.05, 3.63) is 90.1 Å². The van der Waals surface area contributed by atoms with Gasteiger partial charge in [0.1, 0.15) is 5.75 Å². The topological polar surface area (TPSA) is 120 Å². The number of nitrogens with zero attached hydrogens (tertiary/aromatic N) is 3. The van der Waals surface area contributed by atoms with Gasteiger partial charge in [-0.15, -0.1) is 10.2 Å². The molecule has 0 radical (unpaired) electrons. The minimum absolute atomic E-state index is 0.0670. The molecule has 0 aliphatic rings. The van der Waals surface area contributed by atoms with Crippen LogP contribution >= 0.6 is 0 Å². The second-order valence-corrected chi connectivity index (χ2v) is 9.30. The minimum Gasteiger partial charge on any atom is -0.508 e. The number of phenolic OH excluding ortho intramolecular Hbond substituents is 1. The van der Waals surface area contributed by atoms with Gasteiger partial charge in [0, 0.05) is 35.9 Å². The van der Waals surface area contributed by atoms with Crippen molar-refractivity contribution in [2.45, 2.75) is 12.8 Å². The summed E-state index contributed by atoms with van der Waals surface area (Å²) < 4.78 is 18.2. The highest BCUT2D eigenvalue weighted by Gasteiger charge is 2.16. The fraction of sp³-hybridized carbons (Fsp3) is 0.194. The van der Waals surface area contributed by atoms with E-state index in [-0.39, 0.29) is 18.1 Å². The third kappa shape index (κ3) is 6.17. The van der Waals surface area contributed by atoms with Gasteiger partial charge in [-0.25, -0.2) is 0 Å². The molecule has 2 heterocycles. The Hall–Kier alpha value is -5.25. The molecule has 41 heavy (non-hydrogen) atoms. The van der Waals surface area contributed by atoms with Crippen LogP contribution in [0.3, 0.4) is 0 Å². The molecule has 0 atom stereocenters. The zero-order chi connectivity index (χ0) is 28.8. The summed E-state index contributed by atoms with van der Waals surface area (Å²) in [6.45, 7) is 0.508. The zero-order valence-corrected chi connectivity index (χ0v) is 23.0. The summed E-state index contributed by atoms with van der Waals surface area (Å²) in [4.78, 5) is 12.8. The average Bonchev–Trinajstić information content (AvgIpc) is 3.36. The van der Waals surface area contributed by atoms with Crippen LogP contribution in [0.2, 0.25) is 0 Å². The predicted octanol–water partition coefficient (Wildman–Crippen LogP) is 4.80. The fourth-order valence-corrected chi connectivity index (χ4v) is 4.65. The van der Waals surface area contributed by atoms with Crippen LogP contribution < -0.4 is 24.8 Å². The van der Waals surface area contributed by atoms with E-state index in [1.54, 1.807) is 45.6 Å². The van der Waals surface area contributed by atoms with E-state index in [4.69, 9.17) is 14.2 Å². The van der Waals surface area contributed by atoms with Gasteiger partial charge < -0.3 is 30.0 Å². The molecule has 1 amide bonds. The normalized spacial score (nSPS) is 10.8. The summed E-state index contributed by atoms with van der Waals surface area (Å²) in [6.07, 6.45) is 2.84. The monoisotopic (exact) mass is 553 g/mol. The van der Waals surface area contributed by atoms with Crippen LogP contribution in [0.5, 0.6) is 23.0 Å². The number of carbonyl (C=O) groups excluding carboxylic acids is 1. The number of phenols is 1. The fourth-order valence-electron chi connectivity index (χ4n) is 4.65. The number of ether oxygens (including phenoxy) is 3. The molecule has 5 aromatic rings. The van der Waals surface area contributed by atoms with Gasteiger partial charge in [-0.2, -0.15) is 0 Å². The number of aromatic hydroxyl groups is 1. The van der Waals surface area contributed by atoms with Gasteiger partial charge in [0.25, 0.3) is 0 Å². The molecule has 210 valence electrons. The van der Waals surface area contributed by atoms with Crippen molar-refractivity contribution in [2.75, 3.05) is 33.2 Å². The standard InChI is InChI=1S/C31H31N5O5/c1-39-26-17-22(18-27(40-2)31(26)41-3)33-28-12-13-29(35-34-28)36-19-21(24-6-4-5-7-25(24)36)16-30(38)32-15-14-20-8-10-23(37)11-9-20/h4-13,17-19,37H,14-16H2,1-3H3,(H,32,38)(H,33,34). The number of aromatic nitrogens is 3. The van der Waals surface area contributed by atoms with E-state index in [1.165, 1.54) is 0 Å². The van der Waals surface area contributed by atoms with E-state index in [0.29, 0.717) is 47.5 Å². The number of hydrogen-bond acceptors (Lipinski definition) is 8. The molecule has 0 saturated heterocycles. The number of carbonyl (C=O) groups is 1. The second kappa shape index (κ2) is 12.3. The molecule has 0 fully saturated rings. The Balaban J connectivity index is 1.30. The van der Waals surface area contributed by atoms with E-state index >= 15 is 0 Å². The van der Waals surface area contributed by atoms with E-state index < -0.39 is 0 Å². The van der Waals surface area contributed by atoms with Crippen LogP contribution in [0, 0.1) is 0 Å². The third-order valence-electron chi connectivity index (χ3n) is 6.65. The number of hydrogen-bond donors (Lipinski definition) is 3. The van der Waals surface area contributed by atoms with E-state index in [1.807, 2.05) is 59.3 Å². The highest BCUT2D eigenvalue weighted by Crippen LogP contribution is 2.40. The van der Waals surface area contributed by atoms with E-state index in [2.05, 4.69) is 20.8 Å². The predicted molar refractivity (Wildman–Crippen MR) is 157 cm³/mol. The van der Waals surface area contributed by atoms with Gasteiger partial charge in [-0.1, -0.05) is 30.3 Å². The first-order chi connectivity index (χ1) is 20.0. The maximum atomic E-state index is 12.8. The number of methoxy groups -OCH3 is 3. The summed E-state index contributed by atoms with van der Waals surface area (Å²) in [5.74, 6) is 2.86. The quantitative estimate of drug-likeness (QED) is 0.214. The Morgan fingerprint density at radius 1 is 0.902 bits per heavy atom. The first-order valence-corrected chi connectivity index (χ1v) is 13.0. The molecular weight excluding hydrogens is 522 g/mol. The van der Waals surface area contributed by atoms with Crippen molar-refractivity contribution >= 4 is 28.3 Å². The van der Waals surface area contributed by atoms with Gasteiger partial charge in [0.15, 0.2) is 23.1 Å². The molecule has 10 heteroatoms. The number of nitrogens with one attached hydrogen (secondary N) is 2. The Kier molecular flexibility index (Phi) is 8.19. The Morgan fingerprint density at radius 3 is 2.29 bits per heavy atom. The lowest BCUT2D eigenvalue weighted by Gasteiger charge is -2.14. The first kappa shape index (κ1) is 27.3. The van der Waals surface area contributed by atoms with Crippen LogP contribution in [-0.4, -0.2) is 53.7 Å². The number of fused-ring (bicyclic) bond motifs is 1. The smallest absolute Gasteiger partial charge is 0.224 e. The van der Waals surface area contributed by atoms with Gasteiger partial charge in [-0.05, 0) is 47.9 Å². The number of benzene rings is 3. The van der Waals surface area contributed by atoms with Crippen LogP contribution in [0.25, 0.3) is 16.7 Å². The van der Waals surface area contributed by atoms with Crippen LogP contribution in [0.4, 0.5) is 11.5 Å². The second-order valence-electron chi connectivity index (χ2n) is 9.30. The Bertz CT molecular complexity index is 1620. The number of anilines is 2. The van der Waals surface area contributed by atoms with Crippen LogP contribution in [-0.2, 0) is 17.6 Å². The Morgan fingerprint density at radius 2 is 1.63 bits per heavy atom. The summed E-state index contributed by atoms with van der Waals surface area (Å²) in [7, 11) is 4.68. The third-order valence-corrected chi connectivity index (χ3v) is 6.65. The van der Waals surface area contributed by atoms with Crippen molar-refractivity contribution in [1.82, 2.24) is 20.1 Å². The van der Waals surface area contributed by atoms with Crippen molar-refractivity contribution in [1.29, 1.82) is 0 Å². The zero-order valence-electron chi connectivity index (χ0n) is 23.0. The molecule has 0 unspecified atom stereocenters. The number of rotatable bonds is 11. The molecule has 0 aliphatic heterocycles. The van der Waals surface area contributed by atoms with E-state index in [9.17, 15) is 9.90 Å². The molecule has 5 rings (SSSR count). The lowest BCUT2D eigenvalue weighted by atomic mass is 10.1. The SMILES string of the molecule is COc1cc(Nc2ccc(-n3cc(CC(=O)NCCc4ccc(O)cc4)c4ccccc43)nn2)cc(OC)c1OC. The molecule has 0 spiro atoms. The Labute approximate surface area is 237 Å². The molecule has 0 bridgehead atoms. The van der Waals surface area contributed by atoms with Crippen molar-refractivity contribution < 1.29 is 24.1 Å².